The second-order valence-electron chi connectivity index (χ2n) is 5.16. The van der Waals surface area contributed by atoms with E-state index in [4.69, 9.17) is 11.6 Å². The molecule has 2 nitrogen and oxygen atoms in total. The van der Waals surface area contributed by atoms with Crippen LogP contribution in [-0.2, 0) is 4.79 Å². The Kier molecular flexibility index (Phi) is 8.16. The van der Waals surface area contributed by atoms with Gasteiger partial charge < -0.3 is 5.32 Å². The first-order valence-corrected chi connectivity index (χ1v) is 8.74. The molecule has 0 saturated carbocycles. The number of rotatable bonds is 7. The van der Waals surface area contributed by atoms with Crippen molar-refractivity contribution in [3.05, 3.63) is 0 Å². The maximum absolute atomic E-state index is 11.8. The van der Waals surface area contributed by atoms with Crippen LogP contribution in [0, 0.1) is 11.8 Å². The molecular weight excluding hydrogens is 266 g/mol. The molecule has 1 aliphatic heterocycles. The molecule has 0 aromatic rings. The number of amides is 1. The summed E-state index contributed by atoms with van der Waals surface area (Å²) in [4.78, 5) is 11.8. The Bertz CT molecular complexity index is 240. The lowest BCUT2D eigenvalue weighted by Crippen LogP contribution is -2.34. The molecule has 0 aromatic carbocycles. The van der Waals surface area contributed by atoms with Crippen LogP contribution >= 0.6 is 23.4 Å². The highest BCUT2D eigenvalue weighted by molar-refractivity contribution is 7.99. The summed E-state index contributed by atoms with van der Waals surface area (Å²) in [7, 11) is 0. The van der Waals surface area contributed by atoms with Crippen LogP contribution in [0.25, 0.3) is 0 Å². The number of thioether (sulfide) groups is 1. The second kappa shape index (κ2) is 9.08. The molecule has 1 aliphatic rings. The normalized spacial score (nSPS) is 18.9. The van der Waals surface area contributed by atoms with Crippen LogP contribution in [0.3, 0.4) is 0 Å². The zero-order valence-corrected chi connectivity index (χ0v) is 13.2. The van der Waals surface area contributed by atoms with E-state index < -0.39 is 0 Å². The first-order valence-electron chi connectivity index (χ1n) is 7.15. The van der Waals surface area contributed by atoms with Crippen molar-refractivity contribution in [2.24, 2.45) is 11.8 Å². The lowest BCUT2D eigenvalue weighted by atomic mass is 9.97. The van der Waals surface area contributed by atoms with Crippen LogP contribution in [0.15, 0.2) is 0 Å². The van der Waals surface area contributed by atoms with E-state index in [9.17, 15) is 4.79 Å². The van der Waals surface area contributed by atoms with E-state index in [1.54, 1.807) is 0 Å². The van der Waals surface area contributed by atoms with Crippen molar-refractivity contribution in [3.8, 4) is 0 Å². The Morgan fingerprint density at radius 3 is 2.50 bits per heavy atom. The number of hydrogen-bond acceptors (Lipinski definition) is 2. The molecule has 0 bridgehead atoms. The number of nitrogens with one attached hydrogen (secondary N) is 1. The summed E-state index contributed by atoms with van der Waals surface area (Å²) in [5.41, 5.74) is 0. The first kappa shape index (κ1) is 16.2. The zero-order chi connectivity index (χ0) is 13.4. The lowest BCUT2D eigenvalue weighted by Gasteiger charge is -2.22. The van der Waals surface area contributed by atoms with Crippen molar-refractivity contribution in [2.75, 3.05) is 18.1 Å². The molecule has 106 valence electrons. The molecule has 1 unspecified atom stereocenters. The Morgan fingerprint density at radius 1 is 1.33 bits per heavy atom. The van der Waals surface area contributed by atoms with Crippen LogP contribution in [0.5, 0.6) is 0 Å². The van der Waals surface area contributed by atoms with Crippen molar-refractivity contribution in [2.45, 2.75) is 51.3 Å². The van der Waals surface area contributed by atoms with Gasteiger partial charge in [0, 0.05) is 13.0 Å². The lowest BCUT2D eigenvalue weighted by molar-refractivity contribution is -0.122. The number of hydrogen-bond donors (Lipinski definition) is 1. The van der Waals surface area contributed by atoms with Gasteiger partial charge >= 0.3 is 0 Å². The summed E-state index contributed by atoms with van der Waals surface area (Å²) in [6, 6.07) is 0. The van der Waals surface area contributed by atoms with Crippen LogP contribution in [0.2, 0.25) is 0 Å². The highest BCUT2D eigenvalue weighted by Gasteiger charge is 2.19. The summed E-state index contributed by atoms with van der Waals surface area (Å²) in [5, 5.41) is 3.08. The van der Waals surface area contributed by atoms with Gasteiger partial charge in [0.15, 0.2) is 0 Å². The monoisotopic (exact) mass is 291 g/mol. The van der Waals surface area contributed by atoms with Gasteiger partial charge in [-0.15, -0.1) is 11.6 Å². The summed E-state index contributed by atoms with van der Waals surface area (Å²) in [6.45, 7) is 4.93. The van der Waals surface area contributed by atoms with Gasteiger partial charge in [0.2, 0.25) is 5.91 Å². The van der Waals surface area contributed by atoms with Crippen molar-refractivity contribution in [1.29, 1.82) is 0 Å². The molecule has 1 saturated heterocycles. The standard InChI is InChI=1S/C14H26ClNOS/c1-3-12(4-2)13(15)10-16-14(17)9-11-5-7-18-8-6-11/h11-13H,3-10H2,1-2H3,(H,16,17). The van der Waals surface area contributed by atoms with Gasteiger partial charge in [-0.2, -0.15) is 11.8 Å². The third-order valence-corrected chi connectivity index (χ3v) is 5.43. The molecule has 1 heterocycles. The molecule has 4 heteroatoms. The molecule has 1 rings (SSSR count). The molecule has 0 aromatic heterocycles. The van der Waals surface area contributed by atoms with E-state index in [2.05, 4.69) is 19.2 Å². The van der Waals surface area contributed by atoms with Gasteiger partial charge in [-0.1, -0.05) is 26.7 Å². The van der Waals surface area contributed by atoms with Crippen LogP contribution in [0.1, 0.15) is 46.0 Å². The fourth-order valence-electron chi connectivity index (χ4n) is 2.46. The van der Waals surface area contributed by atoms with E-state index >= 15 is 0 Å². The Morgan fingerprint density at radius 2 is 1.94 bits per heavy atom. The summed E-state index contributed by atoms with van der Waals surface area (Å²) in [5.74, 6) is 3.71. The topological polar surface area (TPSA) is 29.1 Å². The number of carbonyl (C=O) groups is 1. The average Bonchev–Trinajstić information content (AvgIpc) is 2.39. The maximum atomic E-state index is 11.8. The molecule has 0 radical (unpaired) electrons. The highest BCUT2D eigenvalue weighted by Crippen LogP contribution is 2.25. The van der Waals surface area contributed by atoms with Crippen LogP contribution in [0.4, 0.5) is 0 Å². The minimum atomic E-state index is 0.0749. The highest BCUT2D eigenvalue weighted by atomic mass is 35.5. The van der Waals surface area contributed by atoms with Gasteiger partial charge in [0.25, 0.3) is 0 Å². The molecule has 18 heavy (non-hydrogen) atoms. The quantitative estimate of drug-likeness (QED) is 0.725. The predicted octanol–water partition coefficient (Wildman–Crippen LogP) is 3.68. The van der Waals surface area contributed by atoms with Crippen molar-refractivity contribution in [1.82, 2.24) is 5.32 Å². The van der Waals surface area contributed by atoms with Crippen molar-refractivity contribution in [3.63, 3.8) is 0 Å². The van der Waals surface area contributed by atoms with Crippen LogP contribution in [-0.4, -0.2) is 29.3 Å². The molecule has 1 N–H and O–H groups in total. The van der Waals surface area contributed by atoms with E-state index in [1.165, 1.54) is 24.3 Å². The largest absolute Gasteiger partial charge is 0.355 e. The first-order chi connectivity index (χ1) is 8.67. The fraction of sp³-hybridized carbons (Fsp3) is 0.929. The van der Waals surface area contributed by atoms with Crippen LogP contribution < -0.4 is 5.32 Å². The fourth-order valence-corrected chi connectivity index (χ4v) is 4.10. The van der Waals surface area contributed by atoms with Crippen molar-refractivity contribution >= 4 is 29.3 Å². The molecule has 0 spiro atoms. The van der Waals surface area contributed by atoms with E-state index in [-0.39, 0.29) is 11.3 Å². The van der Waals surface area contributed by atoms with E-state index in [0.717, 1.165) is 12.8 Å². The number of alkyl halides is 1. The Labute approximate surface area is 121 Å². The summed E-state index contributed by atoms with van der Waals surface area (Å²) < 4.78 is 0. The minimum absolute atomic E-state index is 0.0749. The Balaban J connectivity index is 2.19. The summed E-state index contributed by atoms with van der Waals surface area (Å²) >= 11 is 8.32. The SMILES string of the molecule is CCC(CC)C(Cl)CNC(=O)CC1CCSCC1. The third-order valence-electron chi connectivity index (χ3n) is 3.87. The predicted molar refractivity (Wildman–Crippen MR) is 81.4 cm³/mol. The van der Waals surface area contributed by atoms with Gasteiger partial charge in [-0.25, -0.2) is 0 Å². The second-order valence-corrected chi connectivity index (χ2v) is 6.94. The van der Waals surface area contributed by atoms with Gasteiger partial charge in [0.05, 0.1) is 5.38 Å². The smallest absolute Gasteiger partial charge is 0.220 e. The molecule has 1 amide bonds. The van der Waals surface area contributed by atoms with Gasteiger partial charge in [-0.3, -0.25) is 4.79 Å². The maximum Gasteiger partial charge on any atom is 0.220 e. The number of carbonyl (C=O) groups excluding carboxylic acids is 1. The minimum Gasteiger partial charge on any atom is -0.355 e. The van der Waals surface area contributed by atoms with E-state index in [0.29, 0.717) is 24.8 Å². The van der Waals surface area contributed by atoms with Gasteiger partial charge in [0.1, 0.15) is 0 Å². The third kappa shape index (κ3) is 5.83. The molecular formula is C14H26ClNOS. The molecule has 1 fully saturated rings. The Hall–Kier alpha value is 0.110. The van der Waals surface area contributed by atoms with Gasteiger partial charge in [-0.05, 0) is 36.2 Å². The summed E-state index contributed by atoms with van der Waals surface area (Å²) in [6.07, 6.45) is 5.23. The molecule has 0 aliphatic carbocycles. The number of halogens is 1. The van der Waals surface area contributed by atoms with Crippen molar-refractivity contribution < 1.29 is 4.79 Å². The molecule has 1 atom stereocenters. The van der Waals surface area contributed by atoms with E-state index in [1.807, 2.05) is 11.8 Å². The zero-order valence-electron chi connectivity index (χ0n) is 11.6. The average molecular weight is 292 g/mol.